The molecule has 1 aliphatic rings. The quantitative estimate of drug-likeness (QED) is 0.407. The van der Waals surface area contributed by atoms with E-state index in [2.05, 4.69) is 6.92 Å². The number of rotatable bonds is 6. The lowest BCUT2D eigenvalue weighted by atomic mass is 9.90. The number of carbonyl (C=O) groups excluding carboxylic acids is 1. The first-order valence-corrected chi connectivity index (χ1v) is 10.7. The zero-order chi connectivity index (χ0) is 22.8. The predicted molar refractivity (Wildman–Crippen MR) is 115 cm³/mol. The van der Waals surface area contributed by atoms with Gasteiger partial charge in [-0.15, -0.1) is 0 Å². The second kappa shape index (κ2) is 9.07. The molecule has 3 aromatic carbocycles. The van der Waals surface area contributed by atoms with Crippen molar-refractivity contribution in [3.05, 3.63) is 88.2 Å². The number of halogens is 3. The highest BCUT2D eigenvalue weighted by Crippen LogP contribution is 2.37. The molecule has 4 rings (SSSR count). The molecule has 32 heavy (non-hydrogen) atoms. The third-order valence-corrected chi connectivity index (χ3v) is 5.61. The van der Waals surface area contributed by atoms with E-state index < -0.39 is 29.5 Å². The molecule has 166 valence electrons. The first-order chi connectivity index (χ1) is 15.4. The molecule has 0 fully saturated rings. The second-order valence-electron chi connectivity index (χ2n) is 7.72. The van der Waals surface area contributed by atoms with Crippen LogP contribution >= 0.6 is 0 Å². The van der Waals surface area contributed by atoms with Gasteiger partial charge < -0.3 is 9.47 Å². The Morgan fingerprint density at radius 1 is 0.938 bits per heavy atom. The molecule has 0 bridgehead atoms. The van der Waals surface area contributed by atoms with E-state index in [1.54, 1.807) is 19.1 Å². The molecule has 0 spiro atoms. The van der Waals surface area contributed by atoms with Crippen LogP contribution in [0.25, 0.3) is 11.1 Å². The maximum Gasteiger partial charge on any atom is 0.342 e. The van der Waals surface area contributed by atoms with Gasteiger partial charge in [-0.1, -0.05) is 49.7 Å². The smallest absolute Gasteiger partial charge is 0.342 e. The van der Waals surface area contributed by atoms with Crippen molar-refractivity contribution in [3.63, 3.8) is 0 Å². The van der Waals surface area contributed by atoms with Gasteiger partial charge in [-0.3, -0.25) is 0 Å². The summed E-state index contributed by atoms with van der Waals surface area (Å²) in [5.41, 5.74) is 2.22. The molecular weight excluding hydrogens is 417 g/mol. The largest absolute Gasteiger partial charge is 0.491 e. The lowest BCUT2D eigenvalue weighted by molar-refractivity contribution is 0.0236. The molecule has 0 N–H and O–H groups in total. The van der Waals surface area contributed by atoms with E-state index in [-0.39, 0.29) is 29.9 Å². The average Bonchev–Trinajstić information content (AvgIpc) is 2.78. The molecule has 3 aromatic rings. The van der Waals surface area contributed by atoms with Crippen LogP contribution in [0.15, 0.2) is 48.5 Å². The lowest BCUT2D eigenvalue weighted by Gasteiger charge is -2.26. The van der Waals surface area contributed by atoms with Crippen molar-refractivity contribution in [2.75, 3.05) is 6.61 Å². The Kier molecular flexibility index (Phi) is 6.21. The van der Waals surface area contributed by atoms with Gasteiger partial charge in [0.1, 0.15) is 11.9 Å². The minimum atomic E-state index is -1.14. The fraction of sp³-hybridized carbons (Fsp3) is 0.269. The molecule has 6 heteroatoms. The zero-order valence-electron chi connectivity index (χ0n) is 17.9. The van der Waals surface area contributed by atoms with Crippen molar-refractivity contribution in [3.8, 4) is 16.9 Å². The maximum atomic E-state index is 15.3. The van der Waals surface area contributed by atoms with E-state index in [1.165, 1.54) is 12.1 Å². The molecule has 1 unspecified atom stereocenters. The van der Waals surface area contributed by atoms with E-state index in [0.717, 1.165) is 18.4 Å². The van der Waals surface area contributed by atoms with Crippen molar-refractivity contribution in [2.45, 2.75) is 39.2 Å². The zero-order valence-corrected chi connectivity index (χ0v) is 17.9. The molecular formula is C26H23F3O3. The van der Waals surface area contributed by atoms with Gasteiger partial charge >= 0.3 is 5.97 Å². The monoisotopic (exact) mass is 440 g/mol. The number of hydrogen-bond acceptors (Lipinski definition) is 3. The summed E-state index contributed by atoms with van der Waals surface area (Å²) < 4.78 is 54.6. The fourth-order valence-corrected chi connectivity index (χ4v) is 4.03. The Labute approximate surface area is 184 Å². The third-order valence-electron chi connectivity index (χ3n) is 5.61. The van der Waals surface area contributed by atoms with Crippen molar-refractivity contribution in [1.82, 2.24) is 0 Å². The molecule has 0 saturated carbocycles. The van der Waals surface area contributed by atoms with E-state index in [4.69, 9.17) is 9.47 Å². The van der Waals surface area contributed by atoms with Crippen LogP contribution in [-0.4, -0.2) is 12.6 Å². The van der Waals surface area contributed by atoms with Crippen LogP contribution in [0.1, 0.15) is 53.4 Å². The summed E-state index contributed by atoms with van der Waals surface area (Å²) in [5, 5.41) is 0. The third kappa shape index (κ3) is 3.97. The summed E-state index contributed by atoms with van der Waals surface area (Å²) in [6.07, 6.45) is 0.929. The molecule has 3 nitrogen and oxygen atoms in total. The van der Waals surface area contributed by atoms with Gasteiger partial charge in [0, 0.05) is 17.5 Å². The Bertz CT molecular complexity index is 1160. The number of ether oxygens (including phenoxy) is 2. The van der Waals surface area contributed by atoms with Gasteiger partial charge in [0.25, 0.3) is 0 Å². The molecule has 0 radical (unpaired) electrons. The van der Waals surface area contributed by atoms with Gasteiger partial charge in [0.2, 0.25) is 5.82 Å². The number of fused-ring (bicyclic) bond motifs is 1. The van der Waals surface area contributed by atoms with Gasteiger partial charge in [-0.05, 0) is 42.2 Å². The van der Waals surface area contributed by atoms with Crippen molar-refractivity contribution >= 4 is 5.97 Å². The number of cyclic esters (lactones) is 1. The summed E-state index contributed by atoms with van der Waals surface area (Å²) >= 11 is 0. The van der Waals surface area contributed by atoms with Gasteiger partial charge in [0.05, 0.1) is 12.2 Å². The van der Waals surface area contributed by atoms with Crippen LogP contribution in [0.2, 0.25) is 0 Å². The van der Waals surface area contributed by atoms with E-state index >= 15 is 4.39 Å². The number of aryl methyl sites for hydroxylation is 1. The average molecular weight is 440 g/mol. The van der Waals surface area contributed by atoms with Crippen LogP contribution < -0.4 is 4.74 Å². The van der Waals surface area contributed by atoms with Gasteiger partial charge in [-0.25, -0.2) is 13.6 Å². The molecule has 1 heterocycles. The summed E-state index contributed by atoms with van der Waals surface area (Å²) in [5.74, 6) is -4.06. The van der Waals surface area contributed by atoms with Crippen molar-refractivity contribution in [2.24, 2.45) is 0 Å². The van der Waals surface area contributed by atoms with E-state index in [1.807, 2.05) is 24.3 Å². The highest BCUT2D eigenvalue weighted by Gasteiger charge is 2.34. The van der Waals surface area contributed by atoms with Crippen LogP contribution in [0, 0.1) is 17.5 Å². The first-order valence-electron chi connectivity index (χ1n) is 10.7. The SMILES string of the molecule is CCCc1ccc(-c2ccc3c(c2F)C(=O)OC(c2ccc(OCC)c(F)c2F)C3)cc1. The molecule has 1 aliphatic heterocycles. The fourth-order valence-electron chi connectivity index (χ4n) is 4.03. The Balaban J connectivity index is 1.66. The number of hydrogen-bond donors (Lipinski definition) is 0. The Morgan fingerprint density at radius 2 is 1.69 bits per heavy atom. The predicted octanol–water partition coefficient (Wildman–Crippen LogP) is 6.58. The minimum absolute atomic E-state index is 0.0397. The molecule has 0 aromatic heterocycles. The maximum absolute atomic E-state index is 15.3. The van der Waals surface area contributed by atoms with E-state index in [0.29, 0.717) is 16.7 Å². The highest BCUT2D eigenvalue weighted by molar-refractivity contribution is 5.94. The standard InChI is InChI=1S/C26H23F3O3/c1-3-5-15-6-8-16(9-7-15)18-11-10-17-14-21(32-26(30)22(17)23(18)27)19-12-13-20(31-4-2)25(29)24(19)28/h6-13,21H,3-5,14H2,1-2H3. The topological polar surface area (TPSA) is 35.5 Å². The summed E-state index contributed by atoms with van der Waals surface area (Å²) in [7, 11) is 0. The van der Waals surface area contributed by atoms with Crippen LogP contribution in [0.4, 0.5) is 13.2 Å². The van der Waals surface area contributed by atoms with E-state index in [9.17, 15) is 13.6 Å². The first kappa shape index (κ1) is 21.9. The Hall–Kier alpha value is -3.28. The van der Waals surface area contributed by atoms with Crippen molar-refractivity contribution < 1.29 is 27.4 Å². The van der Waals surface area contributed by atoms with Crippen molar-refractivity contribution in [1.29, 1.82) is 0 Å². The number of benzene rings is 3. The molecule has 0 aliphatic carbocycles. The van der Waals surface area contributed by atoms with Crippen LogP contribution in [0.3, 0.4) is 0 Å². The lowest BCUT2D eigenvalue weighted by Crippen LogP contribution is -2.24. The highest BCUT2D eigenvalue weighted by atomic mass is 19.2. The molecule has 0 saturated heterocycles. The number of carbonyl (C=O) groups is 1. The summed E-state index contributed by atoms with van der Waals surface area (Å²) in [6, 6.07) is 13.4. The molecule has 1 atom stereocenters. The molecule has 0 amide bonds. The van der Waals surface area contributed by atoms with Gasteiger partial charge in [-0.2, -0.15) is 4.39 Å². The normalized spacial score (nSPS) is 15.3. The number of esters is 1. The van der Waals surface area contributed by atoms with Crippen LogP contribution in [-0.2, 0) is 17.6 Å². The summed E-state index contributed by atoms with van der Waals surface area (Å²) in [4.78, 5) is 12.7. The summed E-state index contributed by atoms with van der Waals surface area (Å²) in [6.45, 7) is 3.93. The minimum Gasteiger partial charge on any atom is -0.491 e. The second-order valence-corrected chi connectivity index (χ2v) is 7.72. The Morgan fingerprint density at radius 3 is 2.38 bits per heavy atom. The van der Waals surface area contributed by atoms with Crippen LogP contribution in [0.5, 0.6) is 5.75 Å². The van der Waals surface area contributed by atoms with Gasteiger partial charge in [0.15, 0.2) is 11.6 Å².